The molecule has 3 rings (SSSR count). The molecule has 0 unspecified atom stereocenters. The van der Waals surface area contributed by atoms with Gasteiger partial charge in [-0.25, -0.2) is 8.78 Å². The topological polar surface area (TPSA) is 48.1 Å². The predicted molar refractivity (Wildman–Crippen MR) is 77.3 cm³/mol. The number of pyridine rings is 1. The highest BCUT2D eigenvalue weighted by Gasteiger charge is 2.16. The maximum Gasteiger partial charge on any atom is 0.189 e. The summed E-state index contributed by atoms with van der Waals surface area (Å²) in [4.78, 5) is 4.08. The number of nitrogen functional groups attached to an aromatic ring is 1. The Morgan fingerprint density at radius 1 is 1.14 bits per heavy atom. The minimum atomic E-state index is -0.681. The van der Waals surface area contributed by atoms with Gasteiger partial charge >= 0.3 is 0 Å². The zero-order chi connectivity index (χ0) is 15.0. The van der Waals surface area contributed by atoms with E-state index in [1.54, 1.807) is 31.2 Å². The van der Waals surface area contributed by atoms with Crippen LogP contribution in [0.2, 0.25) is 0 Å². The molecule has 1 heterocycles. The Balaban J connectivity index is 2.19. The van der Waals surface area contributed by atoms with Crippen LogP contribution in [0.1, 0.15) is 5.56 Å². The zero-order valence-corrected chi connectivity index (χ0v) is 11.2. The fourth-order valence-corrected chi connectivity index (χ4v) is 2.12. The molecule has 3 aromatic rings. The molecular formula is C16H12F2N2O. The van der Waals surface area contributed by atoms with Crippen LogP contribution in [0.3, 0.4) is 0 Å². The molecule has 2 N–H and O–H groups in total. The lowest BCUT2D eigenvalue weighted by atomic mass is 10.1. The first-order valence-electron chi connectivity index (χ1n) is 6.33. The lowest BCUT2D eigenvalue weighted by Gasteiger charge is -2.12. The highest BCUT2D eigenvalue weighted by molar-refractivity contribution is 5.94. The van der Waals surface area contributed by atoms with E-state index in [4.69, 9.17) is 10.5 Å². The summed E-state index contributed by atoms with van der Waals surface area (Å²) >= 11 is 0. The molecule has 1 aromatic heterocycles. The molecule has 0 bridgehead atoms. The number of fused-ring (bicyclic) bond motifs is 1. The van der Waals surface area contributed by atoms with Crippen molar-refractivity contribution in [3.05, 3.63) is 59.8 Å². The van der Waals surface area contributed by atoms with E-state index in [9.17, 15) is 8.78 Å². The number of nitrogens with zero attached hydrogens (tertiary/aromatic N) is 1. The first-order chi connectivity index (χ1) is 10.1. The Kier molecular flexibility index (Phi) is 3.17. The number of halogens is 2. The number of aromatic nitrogens is 1. The van der Waals surface area contributed by atoms with Gasteiger partial charge in [-0.1, -0.05) is 12.1 Å². The third-order valence-corrected chi connectivity index (χ3v) is 3.20. The number of hydrogen-bond donors (Lipinski definition) is 1. The molecule has 0 amide bonds. The van der Waals surface area contributed by atoms with Gasteiger partial charge in [-0.05, 0) is 30.7 Å². The molecule has 0 spiro atoms. The second-order valence-corrected chi connectivity index (χ2v) is 4.67. The van der Waals surface area contributed by atoms with E-state index in [-0.39, 0.29) is 22.7 Å². The van der Waals surface area contributed by atoms with Crippen molar-refractivity contribution >= 4 is 16.6 Å². The maximum absolute atomic E-state index is 14.1. The fraction of sp³-hybridized carbons (Fsp3) is 0.0625. The van der Waals surface area contributed by atoms with E-state index >= 15 is 0 Å². The number of nitrogens with two attached hydrogens (primary N) is 1. The summed E-state index contributed by atoms with van der Waals surface area (Å²) in [5.74, 6) is -1.40. The fourth-order valence-electron chi connectivity index (χ4n) is 2.12. The summed E-state index contributed by atoms with van der Waals surface area (Å²) in [7, 11) is 0. The monoisotopic (exact) mass is 286 g/mol. The molecule has 0 aliphatic carbocycles. The van der Waals surface area contributed by atoms with Crippen molar-refractivity contribution in [1.82, 2.24) is 4.98 Å². The van der Waals surface area contributed by atoms with Crippen molar-refractivity contribution in [1.29, 1.82) is 0 Å². The number of aryl methyl sites for hydroxylation is 1. The molecule has 0 radical (unpaired) electrons. The van der Waals surface area contributed by atoms with Crippen molar-refractivity contribution in [3.63, 3.8) is 0 Å². The highest BCUT2D eigenvalue weighted by atomic mass is 19.1. The highest BCUT2D eigenvalue weighted by Crippen LogP contribution is 2.35. The minimum absolute atomic E-state index is 0.0503. The number of hydrogen-bond acceptors (Lipinski definition) is 3. The van der Waals surface area contributed by atoms with Crippen molar-refractivity contribution in [3.8, 4) is 11.5 Å². The lowest BCUT2D eigenvalue weighted by Crippen LogP contribution is -1.98. The van der Waals surface area contributed by atoms with Gasteiger partial charge in [-0.15, -0.1) is 0 Å². The average Bonchev–Trinajstić information content (AvgIpc) is 2.47. The molecule has 0 saturated heterocycles. The molecule has 0 atom stereocenters. The van der Waals surface area contributed by atoms with Crippen LogP contribution in [0.4, 0.5) is 14.5 Å². The van der Waals surface area contributed by atoms with Crippen LogP contribution in [-0.2, 0) is 0 Å². The van der Waals surface area contributed by atoms with Crippen molar-refractivity contribution in [2.45, 2.75) is 6.92 Å². The average molecular weight is 286 g/mol. The molecule has 21 heavy (non-hydrogen) atoms. The third kappa shape index (κ3) is 2.27. The first-order valence-corrected chi connectivity index (χ1v) is 6.33. The van der Waals surface area contributed by atoms with Gasteiger partial charge in [-0.2, -0.15) is 0 Å². The molecule has 0 aliphatic heterocycles. The summed E-state index contributed by atoms with van der Waals surface area (Å²) in [6.45, 7) is 1.61. The Morgan fingerprint density at radius 3 is 2.76 bits per heavy atom. The van der Waals surface area contributed by atoms with E-state index in [0.717, 1.165) is 6.07 Å². The molecule has 106 valence electrons. The van der Waals surface area contributed by atoms with Crippen LogP contribution in [-0.4, -0.2) is 4.98 Å². The van der Waals surface area contributed by atoms with Crippen molar-refractivity contribution < 1.29 is 13.5 Å². The van der Waals surface area contributed by atoms with Gasteiger partial charge in [-0.3, -0.25) is 4.98 Å². The van der Waals surface area contributed by atoms with Gasteiger partial charge in [0, 0.05) is 23.3 Å². The van der Waals surface area contributed by atoms with E-state index in [2.05, 4.69) is 4.98 Å². The smallest absolute Gasteiger partial charge is 0.189 e. The second kappa shape index (κ2) is 5.01. The summed E-state index contributed by atoms with van der Waals surface area (Å²) in [5, 5.41) is 0.557. The largest absolute Gasteiger partial charge is 0.449 e. The molecule has 2 aromatic carbocycles. The van der Waals surface area contributed by atoms with Crippen LogP contribution < -0.4 is 10.5 Å². The number of anilines is 1. The molecule has 5 heteroatoms. The third-order valence-electron chi connectivity index (χ3n) is 3.20. The van der Waals surface area contributed by atoms with Gasteiger partial charge in [0.05, 0.1) is 0 Å². The Morgan fingerprint density at radius 2 is 1.95 bits per heavy atom. The van der Waals surface area contributed by atoms with Crippen LogP contribution >= 0.6 is 0 Å². The van der Waals surface area contributed by atoms with Crippen LogP contribution in [0.5, 0.6) is 11.5 Å². The maximum atomic E-state index is 14.1. The Labute approximate surface area is 120 Å². The number of ether oxygens (including phenoxy) is 1. The summed E-state index contributed by atoms with van der Waals surface area (Å²) in [6.07, 6.45) is 1.50. The Hall–Kier alpha value is -2.69. The van der Waals surface area contributed by atoms with E-state index in [1.165, 1.54) is 12.3 Å². The molecule has 0 saturated carbocycles. The molecule has 0 aliphatic rings. The van der Waals surface area contributed by atoms with Crippen LogP contribution in [0, 0.1) is 18.6 Å². The van der Waals surface area contributed by atoms with Gasteiger partial charge in [0.15, 0.2) is 23.1 Å². The van der Waals surface area contributed by atoms with Gasteiger partial charge in [0.25, 0.3) is 0 Å². The zero-order valence-electron chi connectivity index (χ0n) is 11.2. The predicted octanol–water partition coefficient (Wildman–Crippen LogP) is 4.20. The normalized spacial score (nSPS) is 10.8. The van der Waals surface area contributed by atoms with Crippen molar-refractivity contribution in [2.75, 3.05) is 5.73 Å². The minimum Gasteiger partial charge on any atom is -0.449 e. The molecular weight excluding hydrogens is 274 g/mol. The van der Waals surface area contributed by atoms with E-state index in [0.29, 0.717) is 10.9 Å². The number of benzene rings is 2. The summed E-state index contributed by atoms with van der Waals surface area (Å²) in [6, 6.07) is 9.22. The standard InChI is InChI=1S/C16H12F2N2O/c1-9-4-2-6-13(14(9)18)21-16-11(17)8-12(19)10-5-3-7-20-15(10)16/h2-8H,19H2,1H3. The quantitative estimate of drug-likeness (QED) is 0.718. The molecule has 3 nitrogen and oxygen atoms in total. The summed E-state index contributed by atoms with van der Waals surface area (Å²) < 4.78 is 33.6. The van der Waals surface area contributed by atoms with Crippen LogP contribution in [0.25, 0.3) is 10.9 Å². The van der Waals surface area contributed by atoms with Gasteiger partial charge in [0.2, 0.25) is 0 Å². The summed E-state index contributed by atoms with van der Waals surface area (Å²) in [5.41, 5.74) is 6.70. The van der Waals surface area contributed by atoms with Gasteiger partial charge in [0.1, 0.15) is 5.52 Å². The van der Waals surface area contributed by atoms with Gasteiger partial charge < -0.3 is 10.5 Å². The SMILES string of the molecule is Cc1cccc(Oc2c(F)cc(N)c3cccnc23)c1F. The number of rotatable bonds is 2. The van der Waals surface area contributed by atoms with E-state index in [1.807, 2.05) is 0 Å². The second-order valence-electron chi connectivity index (χ2n) is 4.67. The lowest BCUT2D eigenvalue weighted by molar-refractivity contribution is 0.417. The first kappa shape index (κ1) is 13.3. The molecule has 0 fully saturated rings. The van der Waals surface area contributed by atoms with Crippen molar-refractivity contribution in [2.24, 2.45) is 0 Å². The van der Waals surface area contributed by atoms with E-state index < -0.39 is 11.6 Å². The van der Waals surface area contributed by atoms with Crippen LogP contribution in [0.15, 0.2) is 42.6 Å². The Bertz CT molecular complexity index is 834.